The molecule has 0 N–H and O–H groups in total. The van der Waals surface area contributed by atoms with E-state index in [9.17, 15) is 0 Å². The zero-order valence-corrected chi connectivity index (χ0v) is 11.1. The summed E-state index contributed by atoms with van der Waals surface area (Å²) in [6, 6.07) is 0. The highest BCUT2D eigenvalue weighted by molar-refractivity contribution is 5.05. The minimum Gasteiger partial charge on any atom is -0.219 e. The third-order valence-corrected chi connectivity index (χ3v) is 2.38. The van der Waals surface area contributed by atoms with Crippen LogP contribution in [0.5, 0.6) is 0 Å². The maximum Gasteiger partial charge on any atom is 0.140 e. The van der Waals surface area contributed by atoms with E-state index in [0.717, 1.165) is 29.7 Å². The molecule has 6 nitrogen and oxygen atoms in total. The summed E-state index contributed by atoms with van der Waals surface area (Å²) in [4.78, 5) is 25.7. The molecule has 0 aliphatic rings. The van der Waals surface area contributed by atoms with E-state index < -0.39 is 0 Å². The van der Waals surface area contributed by atoms with Crippen LogP contribution in [0.3, 0.4) is 0 Å². The number of aryl methyl sites for hydroxylation is 4. The van der Waals surface area contributed by atoms with Crippen LogP contribution in [0.1, 0.15) is 41.9 Å². The Bertz CT molecular complexity index is 546. The third kappa shape index (κ3) is 3.03. The Morgan fingerprint density at radius 1 is 0.611 bits per heavy atom. The molecule has 0 aromatic carbocycles. The maximum atomic E-state index is 4.38. The lowest BCUT2D eigenvalue weighted by Gasteiger charge is -2.04. The van der Waals surface area contributed by atoms with Crippen LogP contribution in [0.15, 0.2) is 0 Å². The normalized spacial score (nSPS) is 10.7. The SMILES string of the molecule is CCc1nc(C)nc(Cc2nc(C)nc(C)n2)n1. The standard InChI is InChI=1S/C12H16N6/c1-5-10-14-9(4)17-12(18-10)6-11-15-7(2)13-8(3)16-11/h5-6H2,1-4H3. The smallest absolute Gasteiger partial charge is 0.140 e. The summed E-state index contributed by atoms with van der Waals surface area (Å²) in [6.07, 6.45) is 1.31. The highest BCUT2D eigenvalue weighted by Crippen LogP contribution is 2.03. The van der Waals surface area contributed by atoms with Gasteiger partial charge in [0.05, 0.1) is 6.42 Å². The Morgan fingerprint density at radius 2 is 1.06 bits per heavy atom. The molecular formula is C12H16N6. The Hall–Kier alpha value is -1.98. The minimum atomic E-state index is 0.514. The molecule has 0 bridgehead atoms. The second-order valence-corrected chi connectivity index (χ2v) is 4.09. The van der Waals surface area contributed by atoms with Crippen LogP contribution >= 0.6 is 0 Å². The molecule has 2 rings (SSSR count). The van der Waals surface area contributed by atoms with Crippen molar-refractivity contribution in [2.45, 2.75) is 40.5 Å². The van der Waals surface area contributed by atoms with Crippen LogP contribution in [0.25, 0.3) is 0 Å². The molecule has 2 heterocycles. The van der Waals surface area contributed by atoms with E-state index >= 15 is 0 Å². The molecule has 0 aliphatic carbocycles. The van der Waals surface area contributed by atoms with Gasteiger partial charge >= 0.3 is 0 Å². The largest absolute Gasteiger partial charge is 0.219 e. The molecule has 2 aromatic heterocycles. The lowest BCUT2D eigenvalue weighted by atomic mass is 10.3. The summed E-state index contributed by atoms with van der Waals surface area (Å²) in [7, 11) is 0. The van der Waals surface area contributed by atoms with Gasteiger partial charge in [0.2, 0.25) is 0 Å². The topological polar surface area (TPSA) is 77.3 Å². The average Bonchev–Trinajstić information content (AvgIpc) is 2.26. The van der Waals surface area contributed by atoms with Gasteiger partial charge in [-0.2, -0.15) is 0 Å². The quantitative estimate of drug-likeness (QED) is 0.805. The first-order chi connectivity index (χ1) is 8.56. The molecule has 94 valence electrons. The van der Waals surface area contributed by atoms with E-state index in [2.05, 4.69) is 29.9 Å². The molecule has 0 amide bonds. The van der Waals surface area contributed by atoms with Crippen LogP contribution in [0, 0.1) is 20.8 Å². The fraction of sp³-hybridized carbons (Fsp3) is 0.500. The van der Waals surface area contributed by atoms with Crippen LogP contribution in [-0.2, 0) is 12.8 Å². The second-order valence-electron chi connectivity index (χ2n) is 4.09. The zero-order valence-electron chi connectivity index (χ0n) is 11.1. The Labute approximate surface area is 106 Å². The predicted molar refractivity (Wildman–Crippen MR) is 66.0 cm³/mol. The van der Waals surface area contributed by atoms with Gasteiger partial charge in [-0.25, -0.2) is 29.9 Å². The first-order valence-electron chi connectivity index (χ1n) is 5.95. The molecular weight excluding hydrogens is 228 g/mol. The molecule has 0 fully saturated rings. The van der Waals surface area contributed by atoms with Crippen LogP contribution < -0.4 is 0 Å². The maximum absolute atomic E-state index is 4.38. The van der Waals surface area contributed by atoms with Gasteiger partial charge in [0.25, 0.3) is 0 Å². The zero-order chi connectivity index (χ0) is 13.1. The van der Waals surface area contributed by atoms with Crippen molar-refractivity contribution < 1.29 is 0 Å². The van der Waals surface area contributed by atoms with Crippen molar-refractivity contribution in [2.24, 2.45) is 0 Å². The van der Waals surface area contributed by atoms with E-state index in [-0.39, 0.29) is 0 Å². The fourth-order valence-corrected chi connectivity index (χ4v) is 1.74. The molecule has 18 heavy (non-hydrogen) atoms. The number of aromatic nitrogens is 6. The number of hydrogen-bond donors (Lipinski definition) is 0. The summed E-state index contributed by atoms with van der Waals surface area (Å²) < 4.78 is 0. The molecule has 2 aromatic rings. The van der Waals surface area contributed by atoms with Crippen LogP contribution in [0.4, 0.5) is 0 Å². The minimum absolute atomic E-state index is 0.514. The van der Waals surface area contributed by atoms with Crippen LogP contribution in [0.2, 0.25) is 0 Å². The van der Waals surface area contributed by atoms with Crippen molar-refractivity contribution in [3.05, 3.63) is 34.9 Å². The molecule has 0 spiro atoms. The molecule has 6 heteroatoms. The Kier molecular flexibility index (Phi) is 3.55. The van der Waals surface area contributed by atoms with Gasteiger partial charge in [0.1, 0.15) is 34.9 Å². The van der Waals surface area contributed by atoms with Crippen molar-refractivity contribution >= 4 is 0 Å². The van der Waals surface area contributed by atoms with E-state index in [4.69, 9.17) is 0 Å². The molecule has 0 radical (unpaired) electrons. The van der Waals surface area contributed by atoms with E-state index in [1.54, 1.807) is 0 Å². The average molecular weight is 244 g/mol. The molecule has 0 saturated heterocycles. The van der Waals surface area contributed by atoms with E-state index in [0.29, 0.717) is 18.1 Å². The lowest BCUT2D eigenvalue weighted by Crippen LogP contribution is -2.09. The molecule has 0 unspecified atom stereocenters. The highest BCUT2D eigenvalue weighted by Gasteiger charge is 2.07. The van der Waals surface area contributed by atoms with Crippen LogP contribution in [-0.4, -0.2) is 29.9 Å². The second kappa shape index (κ2) is 5.12. The first kappa shape index (κ1) is 12.5. The van der Waals surface area contributed by atoms with Crippen molar-refractivity contribution in [3.8, 4) is 0 Å². The summed E-state index contributed by atoms with van der Waals surface area (Å²) >= 11 is 0. The molecule has 0 atom stereocenters. The van der Waals surface area contributed by atoms with Crippen molar-refractivity contribution in [3.63, 3.8) is 0 Å². The molecule has 0 saturated carbocycles. The summed E-state index contributed by atoms with van der Waals surface area (Å²) in [5.41, 5.74) is 0. The lowest BCUT2D eigenvalue weighted by molar-refractivity contribution is 0.770. The Balaban J connectivity index is 2.30. The van der Waals surface area contributed by atoms with E-state index in [1.165, 1.54) is 0 Å². The summed E-state index contributed by atoms with van der Waals surface area (Å²) in [5.74, 6) is 4.40. The monoisotopic (exact) mass is 244 g/mol. The van der Waals surface area contributed by atoms with Gasteiger partial charge in [-0.1, -0.05) is 6.92 Å². The van der Waals surface area contributed by atoms with Crippen molar-refractivity contribution in [1.29, 1.82) is 0 Å². The van der Waals surface area contributed by atoms with Crippen molar-refractivity contribution in [1.82, 2.24) is 29.9 Å². The summed E-state index contributed by atoms with van der Waals surface area (Å²) in [5, 5.41) is 0. The van der Waals surface area contributed by atoms with Gasteiger partial charge in [0, 0.05) is 6.42 Å². The van der Waals surface area contributed by atoms with Gasteiger partial charge in [-0.05, 0) is 20.8 Å². The van der Waals surface area contributed by atoms with Gasteiger partial charge in [-0.15, -0.1) is 0 Å². The molecule has 0 aliphatic heterocycles. The van der Waals surface area contributed by atoms with Gasteiger partial charge < -0.3 is 0 Å². The predicted octanol–water partition coefficient (Wildman–Crippen LogP) is 1.14. The third-order valence-electron chi connectivity index (χ3n) is 2.38. The number of rotatable bonds is 3. The number of hydrogen-bond acceptors (Lipinski definition) is 6. The van der Waals surface area contributed by atoms with E-state index in [1.807, 2.05) is 27.7 Å². The van der Waals surface area contributed by atoms with Crippen molar-refractivity contribution in [2.75, 3.05) is 0 Å². The Morgan fingerprint density at radius 3 is 1.61 bits per heavy atom. The fourth-order valence-electron chi connectivity index (χ4n) is 1.74. The van der Waals surface area contributed by atoms with Gasteiger partial charge in [-0.3, -0.25) is 0 Å². The van der Waals surface area contributed by atoms with Gasteiger partial charge in [0.15, 0.2) is 0 Å². The highest BCUT2D eigenvalue weighted by atomic mass is 15.1. The number of nitrogens with zero attached hydrogens (tertiary/aromatic N) is 6. The first-order valence-corrected chi connectivity index (χ1v) is 5.95. The summed E-state index contributed by atoms with van der Waals surface area (Å²) in [6.45, 7) is 7.60.